The first-order valence-corrected chi connectivity index (χ1v) is 10.9. The molecule has 1 aromatic rings. The number of fused-ring (bicyclic) bond motifs is 3. The van der Waals surface area contributed by atoms with E-state index in [1.54, 1.807) is 14.1 Å². The van der Waals surface area contributed by atoms with Crippen LogP contribution in [-0.2, 0) is 6.42 Å². The molecule has 1 saturated heterocycles. The van der Waals surface area contributed by atoms with Crippen molar-refractivity contribution in [3.05, 3.63) is 29.3 Å². The number of carbonyl (C=O) groups is 1. The standard InChI is InChI=1S/C23H34N2O2/c1-24(2)23(26)27-22-10-6-9-18-19-14-16-25(21(19)12-11-20(18)22)15-13-17-7-4-3-5-8-17/h6,9-10,17,19,21H,3-5,7-8,11-16H2,1-2H3/t19-,21-/m1/s1. The normalized spacial score (nSPS) is 25.7. The highest BCUT2D eigenvalue weighted by atomic mass is 16.6. The number of carbonyl (C=O) groups excluding carboxylic acids is 1. The summed E-state index contributed by atoms with van der Waals surface area (Å²) in [6.45, 7) is 2.50. The third kappa shape index (κ3) is 4.01. The fraction of sp³-hybridized carbons (Fsp3) is 0.696. The van der Waals surface area contributed by atoms with E-state index in [0.717, 1.165) is 18.1 Å². The molecule has 0 bridgehead atoms. The van der Waals surface area contributed by atoms with Crippen LogP contribution in [0.3, 0.4) is 0 Å². The van der Waals surface area contributed by atoms with Crippen molar-refractivity contribution in [2.45, 2.75) is 69.7 Å². The van der Waals surface area contributed by atoms with Crippen molar-refractivity contribution in [2.24, 2.45) is 5.92 Å². The Labute approximate surface area is 163 Å². The summed E-state index contributed by atoms with van der Waals surface area (Å²) < 4.78 is 5.65. The van der Waals surface area contributed by atoms with Gasteiger partial charge in [-0.1, -0.05) is 44.2 Å². The molecule has 148 valence electrons. The lowest BCUT2D eigenvalue weighted by Gasteiger charge is -2.35. The van der Waals surface area contributed by atoms with Gasteiger partial charge < -0.3 is 9.64 Å². The number of benzene rings is 1. The third-order valence-electron chi connectivity index (χ3n) is 7.03. The van der Waals surface area contributed by atoms with Crippen LogP contribution in [0, 0.1) is 5.92 Å². The summed E-state index contributed by atoms with van der Waals surface area (Å²) in [5.74, 6) is 2.34. The number of ether oxygens (including phenoxy) is 1. The molecular formula is C23H34N2O2. The number of hydrogen-bond donors (Lipinski definition) is 0. The lowest BCUT2D eigenvalue weighted by molar-refractivity contribution is 0.170. The molecule has 0 radical (unpaired) electrons. The van der Waals surface area contributed by atoms with E-state index < -0.39 is 0 Å². The van der Waals surface area contributed by atoms with Crippen LogP contribution in [-0.4, -0.2) is 49.1 Å². The van der Waals surface area contributed by atoms with E-state index in [0.29, 0.717) is 12.0 Å². The molecular weight excluding hydrogens is 336 g/mol. The molecule has 1 aromatic carbocycles. The topological polar surface area (TPSA) is 32.8 Å². The third-order valence-corrected chi connectivity index (χ3v) is 7.03. The second-order valence-corrected chi connectivity index (χ2v) is 8.92. The zero-order valence-corrected chi connectivity index (χ0v) is 17.0. The summed E-state index contributed by atoms with van der Waals surface area (Å²) >= 11 is 0. The highest BCUT2D eigenvalue weighted by Gasteiger charge is 2.39. The molecule has 1 heterocycles. The van der Waals surface area contributed by atoms with Gasteiger partial charge >= 0.3 is 6.09 Å². The molecule has 27 heavy (non-hydrogen) atoms. The molecule has 4 nitrogen and oxygen atoms in total. The van der Waals surface area contributed by atoms with Gasteiger partial charge in [0.1, 0.15) is 5.75 Å². The van der Waals surface area contributed by atoms with Crippen LogP contribution in [0.4, 0.5) is 4.79 Å². The average Bonchev–Trinajstić information content (AvgIpc) is 3.11. The van der Waals surface area contributed by atoms with Crippen LogP contribution in [0.1, 0.15) is 68.4 Å². The lowest BCUT2D eigenvalue weighted by Crippen LogP contribution is -2.36. The summed E-state index contributed by atoms with van der Waals surface area (Å²) in [5.41, 5.74) is 2.69. The minimum Gasteiger partial charge on any atom is -0.410 e. The van der Waals surface area contributed by atoms with Gasteiger partial charge in [-0.2, -0.15) is 0 Å². The molecule has 1 saturated carbocycles. The van der Waals surface area contributed by atoms with Crippen molar-refractivity contribution in [2.75, 3.05) is 27.2 Å². The first-order valence-electron chi connectivity index (χ1n) is 10.9. The Hall–Kier alpha value is -1.55. The SMILES string of the molecule is CN(C)C(=O)Oc1cccc2c1CC[C@@H]1[C@@H]2CCN1CCC1CCCCC1. The Bertz CT molecular complexity index is 666. The van der Waals surface area contributed by atoms with Crippen molar-refractivity contribution in [3.63, 3.8) is 0 Å². The van der Waals surface area contributed by atoms with Gasteiger partial charge in [-0.05, 0) is 61.9 Å². The highest BCUT2D eigenvalue weighted by Crippen LogP contribution is 2.44. The minimum atomic E-state index is -0.286. The zero-order valence-electron chi connectivity index (χ0n) is 17.0. The Balaban J connectivity index is 1.43. The zero-order chi connectivity index (χ0) is 18.8. The van der Waals surface area contributed by atoms with Gasteiger partial charge in [0.2, 0.25) is 0 Å². The van der Waals surface area contributed by atoms with E-state index in [9.17, 15) is 4.79 Å². The van der Waals surface area contributed by atoms with E-state index in [-0.39, 0.29) is 6.09 Å². The molecule has 2 aliphatic carbocycles. The predicted molar refractivity (Wildman–Crippen MR) is 108 cm³/mol. The largest absolute Gasteiger partial charge is 0.414 e. The molecule has 2 fully saturated rings. The van der Waals surface area contributed by atoms with Crippen LogP contribution < -0.4 is 4.74 Å². The van der Waals surface area contributed by atoms with Crippen LogP contribution in [0.15, 0.2) is 18.2 Å². The van der Waals surface area contributed by atoms with Crippen molar-refractivity contribution < 1.29 is 9.53 Å². The van der Waals surface area contributed by atoms with Gasteiger partial charge in [0.15, 0.2) is 0 Å². The number of nitrogens with zero attached hydrogens (tertiary/aromatic N) is 2. The second-order valence-electron chi connectivity index (χ2n) is 8.92. The number of likely N-dealkylation sites (tertiary alicyclic amines) is 1. The van der Waals surface area contributed by atoms with E-state index in [1.165, 1.54) is 80.5 Å². The molecule has 0 aromatic heterocycles. The lowest BCUT2D eigenvalue weighted by atomic mass is 9.79. The fourth-order valence-corrected chi connectivity index (χ4v) is 5.54. The highest BCUT2D eigenvalue weighted by molar-refractivity contribution is 5.70. The molecule has 0 spiro atoms. The fourth-order valence-electron chi connectivity index (χ4n) is 5.54. The Morgan fingerprint density at radius 1 is 1.15 bits per heavy atom. The van der Waals surface area contributed by atoms with Crippen LogP contribution in [0.2, 0.25) is 0 Å². The van der Waals surface area contributed by atoms with Crippen molar-refractivity contribution in [1.29, 1.82) is 0 Å². The summed E-state index contributed by atoms with van der Waals surface area (Å²) in [5, 5.41) is 0. The maximum absolute atomic E-state index is 12.0. The van der Waals surface area contributed by atoms with Crippen molar-refractivity contribution >= 4 is 6.09 Å². The second kappa shape index (κ2) is 8.22. The molecule has 4 rings (SSSR count). The first kappa shape index (κ1) is 18.8. The minimum absolute atomic E-state index is 0.286. The maximum atomic E-state index is 12.0. The molecule has 0 unspecified atom stereocenters. The van der Waals surface area contributed by atoms with Crippen LogP contribution in [0.25, 0.3) is 0 Å². The van der Waals surface area contributed by atoms with Crippen molar-refractivity contribution in [1.82, 2.24) is 9.80 Å². The van der Waals surface area contributed by atoms with E-state index in [4.69, 9.17) is 4.74 Å². The Kier molecular flexibility index (Phi) is 5.72. The van der Waals surface area contributed by atoms with E-state index in [2.05, 4.69) is 17.0 Å². The summed E-state index contributed by atoms with van der Waals surface area (Å²) in [6, 6.07) is 6.96. The Morgan fingerprint density at radius 3 is 2.74 bits per heavy atom. The van der Waals surface area contributed by atoms with Gasteiger partial charge in [-0.3, -0.25) is 4.90 Å². The van der Waals surface area contributed by atoms with Gasteiger partial charge in [-0.15, -0.1) is 0 Å². The number of hydrogen-bond acceptors (Lipinski definition) is 3. The summed E-state index contributed by atoms with van der Waals surface area (Å²) in [7, 11) is 3.46. The van der Waals surface area contributed by atoms with Gasteiger partial charge in [0, 0.05) is 26.1 Å². The predicted octanol–water partition coefficient (Wildman–Crippen LogP) is 4.82. The monoisotopic (exact) mass is 370 g/mol. The number of amides is 1. The quantitative estimate of drug-likeness (QED) is 0.762. The van der Waals surface area contributed by atoms with Gasteiger partial charge in [0.25, 0.3) is 0 Å². The van der Waals surface area contributed by atoms with Crippen LogP contribution >= 0.6 is 0 Å². The maximum Gasteiger partial charge on any atom is 0.414 e. The first-order chi connectivity index (χ1) is 13.1. The molecule has 2 atom stereocenters. The average molecular weight is 371 g/mol. The summed E-state index contributed by atoms with van der Waals surface area (Å²) in [4.78, 5) is 16.3. The van der Waals surface area contributed by atoms with Gasteiger partial charge in [0.05, 0.1) is 0 Å². The van der Waals surface area contributed by atoms with E-state index in [1.807, 2.05) is 6.07 Å². The molecule has 0 N–H and O–H groups in total. The van der Waals surface area contributed by atoms with Crippen molar-refractivity contribution in [3.8, 4) is 5.75 Å². The molecule has 1 amide bonds. The molecule has 3 aliphatic rings. The molecule has 1 aliphatic heterocycles. The summed E-state index contributed by atoms with van der Waals surface area (Å²) in [6.07, 6.45) is 11.8. The Morgan fingerprint density at radius 2 is 1.96 bits per heavy atom. The van der Waals surface area contributed by atoms with Crippen LogP contribution in [0.5, 0.6) is 5.75 Å². The van der Waals surface area contributed by atoms with Gasteiger partial charge in [-0.25, -0.2) is 4.79 Å². The molecule has 4 heteroatoms. The van der Waals surface area contributed by atoms with E-state index >= 15 is 0 Å². The smallest absolute Gasteiger partial charge is 0.410 e. The number of rotatable bonds is 4.